The molecular weight excluding hydrogens is 272 g/mol. The van der Waals surface area contributed by atoms with E-state index in [2.05, 4.69) is 10.6 Å². The van der Waals surface area contributed by atoms with Gasteiger partial charge in [-0.3, -0.25) is 0 Å². The van der Waals surface area contributed by atoms with Crippen molar-refractivity contribution in [2.45, 2.75) is 19.4 Å². The monoisotopic (exact) mass is 292 g/mol. The van der Waals surface area contributed by atoms with Crippen molar-refractivity contribution in [2.24, 2.45) is 5.92 Å². The topological polar surface area (TPSA) is 87.7 Å². The second-order valence-corrected chi connectivity index (χ2v) is 5.12. The van der Waals surface area contributed by atoms with E-state index in [1.165, 1.54) is 6.07 Å². The number of carboxylic acid groups (broad SMARTS) is 1. The van der Waals surface area contributed by atoms with Crippen molar-refractivity contribution in [2.75, 3.05) is 19.8 Å². The summed E-state index contributed by atoms with van der Waals surface area (Å²) in [5.74, 6) is -0.499. The van der Waals surface area contributed by atoms with Gasteiger partial charge < -0.3 is 20.5 Å². The number of carboxylic acids is 1. The van der Waals surface area contributed by atoms with Crippen LogP contribution < -0.4 is 10.6 Å². The third-order valence-corrected chi connectivity index (χ3v) is 3.52. The molecule has 21 heavy (non-hydrogen) atoms. The third-order valence-electron chi connectivity index (χ3n) is 3.52. The molecule has 0 aromatic heterocycles. The molecule has 2 rings (SSSR count). The number of nitrogens with one attached hydrogen (secondary N) is 2. The number of benzene rings is 1. The molecule has 6 nitrogen and oxygen atoms in total. The highest BCUT2D eigenvalue weighted by molar-refractivity contribution is 5.87. The van der Waals surface area contributed by atoms with Gasteiger partial charge in [0.1, 0.15) is 0 Å². The van der Waals surface area contributed by atoms with E-state index < -0.39 is 5.97 Å². The number of aromatic carboxylic acids is 1. The van der Waals surface area contributed by atoms with Crippen LogP contribution in [0.1, 0.15) is 28.8 Å². The quantitative estimate of drug-likeness (QED) is 0.769. The van der Waals surface area contributed by atoms with E-state index in [4.69, 9.17) is 9.84 Å². The zero-order chi connectivity index (χ0) is 15.1. The maximum absolute atomic E-state index is 11.7. The lowest BCUT2D eigenvalue weighted by Crippen LogP contribution is -2.39. The van der Waals surface area contributed by atoms with Gasteiger partial charge in [-0.15, -0.1) is 0 Å². The highest BCUT2D eigenvalue weighted by Gasteiger charge is 2.14. The fourth-order valence-electron chi connectivity index (χ4n) is 2.25. The van der Waals surface area contributed by atoms with Gasteiger partial charge in [-0.2, -0.15) is 0 Å². The van der Waals surface area contributed by atoms with E-state index in [0.717, 1.165) is 31.6 Å². The number of carbonyl (C=O) groups excluding carboxylic acids is 1. The number of ether oxygens (including phenoxy) is 1. The second-order valence-electron chi connectivity index (χ2n) is 5.12. The van der Waals surface area contributed by atoms with Crippen molar-refractivity contribution >= 4 is 12.0 Å². The van der Waals surface area contributed by atoms with E-state index in [1.54, 1.807) is 18.2 Å². The number of amides is 2. The molecule has 0 radical (unpaired) electrons. The van der Waals surface area contributed by atoms with Gasteiger partial charge in [0.25, 0.3) is 0 Å². The molecule has 0 unspecified atom stereocenters. The van der Waals surface area contributed by atoms with Gasteiger partial charge >= 0.3 is 12.0 Å². The lowest BCUT2D eigenvalue weighted by atomic mass is 10.0. The van der Waals surface area contributed by atoms with Gasteiger partial charge in [0, 0.05) is 26.3 Å². The second kappa shape index (κ2) is 7.64. The molecule has 1 saturated heterocycles. The molecule has 1 aliphatic rings. The molecule has 1 fully saturated rings. The highest BCUT2D eigenvalue weighted by atomic mass is 16.5. The lowest BCUT2D eigenvalue weighted by molar-refractivity contribution is 0.0669. The Hall–Kier alpha value is -2.08. The van der Waals surface area contributed by atoms with E-state index >= 15 is 0 Å². The Balaban J connectivity index is 1.73. The summed E-state index contributed by atoms with van der Waals surface area (Å²) in [7, 11) is 0. The molecule has 0 aliphatic carbocycles. The predicted octanol–water partition coefficient (Wildman–Crippen LogP) is 1.61. The summed E-state index contributed by atoms with van der Waals surface area (Å²) in [5.41, 5.74) is 0.980. The molecular formula is C15H20N2O4. The maximum Gasteiger partial charge on any atom is 0.335 e. The normalized spacial score (nSPS) is 15.4. The van der Waals surface area contributed by atoms with Gasteiger partial charge in [-0.05, 0) is 36.5 Å². The SMILES string of the molecule is O=C(NCc1cccc(C(=O)O)c1)NCC1CCOCC1. The molecule has 1 aromatic carbocycles. The third kappa shape index (κ3) is 5.07. The fraction of sp³-hybridized carbons (Fsp3) is 0.467. The zero-order valence-corrected chi connectivity index (χ0v) is 11.8. The van der Waals surface area contributed by atoms with Crippen molar-refractivity contribution in [1.29, 1.82) is 0 Å². The van der Waals surface area contributed by atoms with Crippen LogP contribution in [-0.4, -0.2) is 36.9 Å². The minimum atomic E-state index is -0.971. The summed E-state index contributed by atoms with van der Waals surface area (Å²) < 4.78 is 5.27. The molecule has 0 spiro atoms. The maximum atomic E-state index is 11.7. The summed E-state index contributed by atoms with van der Waals surface area (Å²) in [4.78, 5) is 22.6. The van der Waals surface area contributed by atoms with E-state index in [9.17, 15) is 9.59 Å². The number of carbonyl (C=O) groups is 2. The Bertz CT molecular complexity index is 498. The van der Waals surface area contributed by atoms with Crippen LogP contribution in [-0.2, 0) is 11.3 Å². The van der Waals surface area contributed by atoms with Gasteiger partial charge in [-0.1, -0.05) is 12.1 Å². The van der Waals surface area contributed by atoms with E-state index in [1.807, 2.05) is 0 Å². The molecule has 3 N–H and O–H groups in total. The summed E-state index contributed by atoms with van der Waals surface area (Å²) in [6, 6.07) is 6.30. The van der Waals surface area contributed by atoms with Crippen LogP contribution in [0.25, 0.3) is 0 Å². The minimum absolute atomic E-state index is 0.219. The first-order valence-corrected chi connectivity index (χ1v) is 7.07. The Kier molecular flexibility index (Phi) is 5.57. The van der Waals surface area contributed by atoms with E-state index in [-0.39, 0.29) is 11.6 Å². The van der Waals surface area contributed by atoms with Crippen molar-refractivity contribution in [3.8, 4) is 0 Å². The van der Waals surface area contributed by atoms with Gasteiger partial charge in [-0.25, -0.2) is 9.59 Å². The van der Waals surface area contributed by atoms with Crippen molar-refractivity contribution in [1.82, 2.24) is 10.6 Å². The Morgan fingerprint density at radius 3 is 2.71 bits per heavy atom. The molecule has 0 bridgehead atoms. The summed E-state index contributed by atoms with van der Waals surface area (Å²) in [5, 5.41) is 14.5. The molecule has 1 aromatic rings. The van der Waals surface area contributed by atoms with Crippen LogP contribution >= 0.6 is 0 Å². The van der Waals surface area contributed by atoms with Crippen LogP contribution in [0.4, 0.5) is 4.79 Å². The van der Waals surface area contributed by atoms with Gasteiger partial charge in [0.15, 0.2) is 0 Å². The Morgan fingerprint density at radius 2 is 2.00 bits per heavy atom. The largest absolute Gasteiger partial charge is 0.478 e. The number of hydrogen-bond donors (Lipinski definition) is 3. The first-order valence-electron chi connectivity index (χ1n) is 7.07. The van der Waals surface area contributed by atoms with Crippen LogP contribution in [0.2, 0.25) is 0 Å². The molecule has 2 amide bonds. The number of rotatable bonds is 5. The molecule has 114 valence electrons. The zero-order valence-electron chi connectivity index (χ0n) is 11.8. The fourth-order valence-corrected chi connectivity index (χ4v) is 2.25. The average Bonchev–Trinajstić information content (AvgIpc) is 2.52. The molecule has 1 aliphatic heterocycles. The predicted molar refractivity (Wildman–Crippen MR) is 77.2 cm³/mol. The van der Waals surface area contributed by atoms with Crippen molar-refractivity contribution in [3.63, 3.8) is 0 Å². The smallest absolute Gasteiger partial charge is 0.335 e. The summed E-state index contributed by atoms with van der Waals surface area (Å²) in [6.45, 7) is 2.47. The van der Waals surface area contributed by atoms with Crippen molar-refractivity contribution in [3.05, 3.63) is 35.4 Å². The Morgan fingerprint density at radius 1 is 1.24 bits per heavy atom. The summed E-state index contributed by atoms with van der Waals surface area (Å²) >= 11 is 0. The highest BCUT2D eigenvalue weighted by Crippen LogP contribution is 2.13. The summed E-state index contributed by atoms with van der Waals surface area (Å²) in [6.07, 6.45) is 1.95. The number of urea groups is 1. The molecule has 0 atom stereocenters. The van der Waals surface area contributed by atoms with Crippen LogP contribution in [0.15, 0.2) is 24.3 Å². The lowest BCUT2D eigenvalue weighted by Gasteiger charge is -2.22. The molecule has 0 saturated carbocycles. The first kappa shape index (κ1) is 15.3. The Labute approximate surface area is 123 Å². The average molecular weight is 292 g/mol. The van der Waals surface area contributed by atoms with Crippen molar-refractivity contribution < 1.29 is 19.4 Å². The standard InChI is InChI=1S/C15H20N2O4/c18-14(19)13-3-1-2-12(8-13)10-17-15(20)16-9-11-4-6-21-7-5-11/h1-3,8,11H,4-7,9-10H2,(H,18,19)(H2,16,17,20). The number of hydrogen-bond acceptors (Lipinski definition) is 3. The molecule has 1 heterocycles. The van der Waals surface area contributed by atoms with Crippen LogP contribution in [0.3, 0.4) is 0 Å². The van der Waals surface area contributed by atoms with Gasteiger partial charge in [0.2, 0.25) is 0 Å². The molecule has 6 heteroatoms. The van der Waals surface area contributed by atoms with E-state index in [0.29, 0.717) is 19.0 Å². The minimum Gasteiger partial charge on any atom is -0.478 e. The van der Waals surface area contributed by atoms with Crippen LogP contribution in [0, 0.1) is 5.92 Å². The first-order chi connectivity index (χ1) is 10.1. The van der Waals surface area contributed by atoms with Gasteiger partial charge in [0.05, 0.1) is 5.56 Å². The van der Waals surface area contributed by atoms with Crippen LogP contribution in [0.5, 0.6) is 0 Å².